The zero-order valence-corrected chi connectivity index (χ0v) is 18.6. The van der Waals surface area contributed by atoms with Gasteiger partial charge >= 0.3 is 0 Å². The van der Waals surface area contributed by atoms with Crippen LogP contribution < -0.4 is 10.1 Å². The van der Waals surface area contributed by atoms with Crippen molar-refractivity contribution < 1.29 is 17.9 Å². The normalized spacial score (nSPS) is 15.7. The molecule has 2 aromatic carbocycles. The molecule has 0 aliphatic carbocycles. The van der Waals surface area contributed by atoms with Crippen LogP contribution in [0.2, 0.25) is 5.02 Å². The number of amides is 1. The standard InChI is InChI=1S/C22H27ClN2O4S/c1-2-29-21-10-6-4-7-18(21)15-24-22(26)17-11-13-25(14-12-17)30(27,28)16-19-8-3-5-9-20(19)23/h3-10,17H,2,11-16H2,1H3,(H,24,26). The molecule has 2 aromatic rings. The number of nitrogens with one attached hydrogen (secondary N) is 1. The molecule has 1 amide bonds. The molecular formula is C22H27ClN2O4S. The van der Waals surface area contributed by atoms with Gasteiger partial charge in [0, 0.05) is 36.1 Å². The summed E-state index contributed by atoms with van der Waals surface area (Å²) in [6.45, 7) is 3.54. The molecule has 1 heterocycles. The molecule has 1 saturated heterocycles. The lowest BCUT2D eigenvalue weighted by atomic mass is 9.97. The molecule has 1 fully saturated rings. The quantitative estimate of drug-likeness (QED) is 0.666. The molecule has 3 rings (SSSR count). The number of rotatable bonds is 8. The molecule has 30 heavy (non-hydrogen) atoms. The van der Waals surface area contributed by atoms with E-state index in [1.807, 2.05) is 31.2 Å². The number of carbonyl (C=O) groups excluding carboxylic acids is 1. The van der Waals surface area contributed by atoms with Gasteiger partial charge in [-0.3, -0.25) is 4.79 Å². The summed E-state index contributed by atoms with van der Waals surface area (Å²) in [6, 6.07) is 14.6. The van der Waals surface area contributed by atoms with E-state index in [-0.39, 0.29) is 17.6 Å². The van der Waals surface area contributed by atoms with Crippen LogP contribution in [0.15, 0.2) is 48.5 Å². The molecule has 0 saturated carbocycles. The summed E-state index contributed by atoms with van der Waals surface area (Å²) in [7, 11) is -3.47. The van der Waals surface area contributed by atoms with Gasteiger partial charge in [-0.2, -0.15) is 0 Å². The fourth-order valence-electron chi connectivity index (χ4n) is 3.57. The van der Waals surface area contributed by atoms with Crippen LogP contribution in [0.25, 0.3) is 0 Å². The van der Waals surface area contributed by atoms with Crippen molar-refractivity contribution in [2.75, 3.05) is 19.7 Å². The van der Waals surface area contributed by atoms with Gasteiger partial charge in [-0.15, -0.1) is 0 Å². The minimum absolute atomic E-state index is 0.0514. The SMILES string of the molecule is CCOc1ccccc1CNC(=O)C1CCN(S(=O)(=O)Cc2ccccc2Cl)CC1. The minimum atomic E-state index is -3.47. The monoisotopic (exact) mass is 450 g/mol. The van der Waals surface area contributed by atoms with Crippen molar-refractivity contribution >= 4 is 27.5 Å². The van der Waals surface area contributed by atoms with E-state index in [9.17, 15) is 13.2 Å². The van der Waals surface area contributed by atoms with Crippen molar-refractivity contribution in [3.63, 3.8) is 0 Å². The van der Waals surface area contributed by atoms with Gasteiger partial charge in [0.05, 0.1) is 12.4 Å². The van der Waals surface area contributed by atoms with E-state index in [0.717, 1.165) is 11.3 Å². The molecular weight excluding hydrogens is 424 g/mol. The van der Waals surface area contributed by atoms with E-state index in [1.54, 1.807) is 24.3 Å². The van der Waals surface area contributed by atoms with Crippen LogP contribution in [0, 0.1) is 5.92 Å². The molecule has 0 unspecified atom stereocenters. The van der Waals surface area contributed by atoms with Crippen LogP contribution in [0.3, 0.4) is 0 Å². The molecule has 0 aromatic heterocycles. The van der Waals surface area contributed by atoms with E-state index in [1.165, 1.54) is 4.31 Å². The summed E-state index contributed by atoms with van der Waals surface area (Å²) < 4.78 is 32.5. The summed E-state index contributed by atoms with van der Waals surface area (Å²) >= 11 is 6.11. The summed E-state index contributed by atoms with van der Waals surface area (Å²) in [5, 5.41) is 3.41. The van der Waals surface area contributed by atoms with Crippen LogP contribution in [0.5, 0.6) is 5.75 Å². The van der Waals surface area contributed by atoms with Crippen molar-refractivity contribution in [2.45, 2.75) is 32.1 Å². The Morgan fingerprint density at radius 3 is 2.40 bits per heavy atom. The number of hydrogen-bond donors (Lipinski definition) is 1. The zero-order valence-electron chi connectivity index (χ0n) is 17.0. The third kappa shape index (κ3) is 5.74. The summed E-state index contributed by atoms with van der Waals surface area (Å²) in [5.74, 6) is 0.388. The van der Waals surface area contributed by atoms with Crippen molar-refractivity contribution in [3.05, 3.63) is 64.7 Å². The van der Waals surface area contributed by atoms with Gasteiger partial charge < -0.3 is 10.1 Å². The predicted molar refractivity (Wildman–Crippen MR) is 118 cm³/mol. The fourth-order valence-corrected chi connectivity index (χ4v) is 5.45. The van der Waals surface area contributed by atoms with Gasteiger partial charge in [-0.1, -0.05) is 48.0 Å². The molecule has 8 heteroatoms. The van der Waals surface area contributed by atoms with Crippen LogP contribution in [0.1, 0.15) is 30.9 Å². The van der Waals surface area contributed by atoms with Crippen molar-refractivity contribution in [1.82, 2.24) is 9.62 Å². The number of hydrogen-bond acceptors (Lipinski definition) is 4. The number of carbonyl (C=O) groups is 1. The Balaban J connectivity index is 1.52. The molecule has 0 atom stereocenters. The highest BCUT2D eigenvalue weighted by Gasteiger charge is 2.31. The highest BCUT2D eigenvalue weighted by molar-refractivity contribution is 7.88. The topological polar surface area (TPSA) is 75.7 Å². The van der Waals surface area contributed by atoms with Gasteiger partial charge in [0.1, 0.15) is 5.75 Å². The van der Waals surface area contributed by atoms with Crippen molar-refractivity contribution in [1.29, 1.82) is 0 Å². The number of sulfonamides is 1. The predicted octanol–water partition coefficient (Wildman–Crippen LogP) is 3.60. The summed E-state index contributed by atoms with van der Waals surface area (Å²) in [4.78, 5) is 12.6. The first-order valence-corrected chi connectivity index (χ1v) is 12.1. The summed E-state index contributed by atoms with van der Waals surface area (Å²) in [6.07, 6.45) is 1.00. The second-order valence-electron chi connectivity index (χ2n) is 7.28. The highest BCUT2D eigenvalue weighted by atomic mass is 35.5. The minimum Gasteiger partial charge on any atom is -0.494 e. The zero-order chi connectivity index (χ0) is 21.6. The van der Waals surface area contributed by atoms with E-state index in [0.29, 0.717) is 49.7 Å². The lowest BCUT2D eigenvalue weighted by Crippen LogP contribution is -2.43. The number of benzene rings is 2. The average Bonchev–Trinajstić information content (AvgIpc) is 2.75. The number of para-hydroxylation sites is 1. The maximum absolute atomic E-state index is 12.7. The first kappa shape index (κ1) is 22.6. The smallest absolute Gasteiger partial charge is 0.223 e. The van der Waals surface area contributed by atoms with Crippen LogP contribution in [-0.2, 0) is 27.1 Å². The third-order valence-corrected chi connectivity index (χ3v) is 7.44. The fraction of sp³-hybridized carbons (Fsp3) is 0.409. The first-order chi connectivity index (χ1) is 14.4. The summed E-state index contributed by atoms with van der Waals surface area (Å²) in [5.41, 5.74) is 1.51. The van der Waals surface area contributed by atoms with Crippen LogP contribution >= 0.6 is 11.6 Å². The lowest BCUT2D eigenvalue weighted by Gasteiger charge is -2.30. The lowest BCUT2D eigenvalue weighted by molar-refractivity contribution is -0.126. The van der Waals surface area contributed by atoms with E-state index >= 15 is 0 Å². The maximum Gasteiger partial charge on any atom is 0.223 e. The van der Waals surface area contributed by atoms with Gasteiger partial charge in [0.2, 0.25) is 15.9 Å². The van der Waals surface area contributed by atoms with E-state index in [2.05, 4.69) is 5.32 Å². The molecule has 0 bridgehead atoms. The largest absolute Gasteiger partial charge is 0.494 e. The molecule has 6 nitrogen and oxygen atoms in total. The molecule has 1 N–H and O–H groups in total. The number of nitrogens with zero attached hydrogens (tertiary/aromatic N) is 1. The first-order valence-electron chi connectivity index (χ1n) is 10.1. The number of piperidine rings is 1. The second kappa shape index (κ2) is 10.3. The Morgan fingerprint density at radius 1 is 1.10 bits per heavy atom. The highest BCUT2D eigenvalue weighted by Crippen LogP contribution is 2.25. The Kier molecular flexibility index (Phi) is 7.75. The number of halogens is 1. The molecule has 1 aliphatic heterocycles. The maximum atomic E-state index is 12.7. The second-order valence-corrected chi connectivity index (χ2v) is 9.66. The molecule has 1 aliphatic rings. The Labute approximate surface area is 183 Å². The van der Waals surface area contributed by atoms with Crippen molar-refractivity contribution in [3.8, 4) is 5.75 Å². The van der Waals surface area contributed by atoms with Gasteiger partial charge in [-0.25, -0.2) is 12.7 Å². The van der Waals surface area contributed by atoms with Gasteiger partial charge in [0.25, 0.3) is 0 Å². The van der Waals surface area contributed by atoms with Crippen LogP contribution in [-0.4, -0.2) is 38.3 Å². The number of ether oxygens (including phenoxy) is 1. The Hall–Kier alpha value is -2.09. The van der Waals surface area contributed by atoms with Gasteiger partial charge in [-0.05, 0) is 37.5 Å². The Morgan fingerprint density at radius 2 is 1.73 bits per heavy atom. The Bertz CT molecular complexity index is 973. The molecule has 0 spiro atoms. The van der Waals surface area contributed by atoms with E-state index < -0.39 is 10.0 Å². The third-order valence-electron chi connectivity index (χ3n) is 5.24. The van der Waals surface area contributed by atoms with Gasteiger partial charge in [0.15, 0.2) is 0 Å². The van der Waals surface area contributed by atoms with Crippen molar-refractivity contribution in [2.24, 2.45) is 5.92 Å². The molecule has 162 valence electrons. The van der Waals surface area contributed by atoms with E-state index in [4.69, 9.17) is 16.3 Å². The van der Waals surface area contributed by atoms with Crippen LogP contribution in [0.4, 0.5) is 0 Å². The molecule has 0 radical (unpaired) electrons. The average molecular weight is 451 g/mol.